The van der Waals surface area contributed by atoms with E-state index in [1.807, 2.05) is 0 Å². The van der Waals surface area contributed by atoms with Crippen molar-refractivity contribution in [3.63, 3.8) is 0 Å². The van der Waals surface area contributed by atoms with E-state index in [1.165, 1.54) is 35.6 Å². The van der Waals surface area contributed by atoms with Gasteiger partial charge in [-0.3, -0.25) is 4.57 Å². The van der Waals surface area contributed by atoms with Crippen molar-refractivity contribution in [1.82, 2.24) is 10.2 Å². The van der Waals surface area contributed by atoms with Gasteiger partial charge in [0.2, 0.25) is 5.13 Å². The van der Waals surface area contributed by atoms with Gasteiger partial charge in [-0.1, -0.05) is 80.8 Å². The summed E-state index contributed by atoms with van der Waals surface area (Å²) in [6.45, 7) is 0.0762. The van der Waals surface area contributed by atoms with Crippen LogP contribution >= 0.6 is 58.1 Å². The molecule has 9 nitrogen and oxygen atoms in total. The van der Waals surface area contributed by atoms with Crippen molar-refractivity contribution in [3.8, 4) is 22.1 Å². The van der Waals surface area contributed by atoms with Gasteiger partial charge in [0.05, 0.1) is 21.5 Å². The fourth-order valence-electron chi connectivity index (χ4n) is 4.20. The van der Waals surface area contributed by atoms with E-state index in [0.29, 0.717) is 43.5 Å². The lowest BCUT2D eigenvalue weighted by Crippen LogP contribution is -2.18. The number of benzene rings is 4. The molecule has 46 heavy (non-hydrogen) atoms. The number of hydrogen-bond donors (Lipinski definition) is 2. The van der Waals surface area contributed by atoms with Crippen LogP contribution in [0.2, 0.25) is 10.0 Å². The highest BCUT2D eigenvalue weighted by molar-refractivity contribution is 9.10. The second kappa shape index (κ2) is 13.3. The second-order valence-electron chi connectivity index (χ2n) is 9.85. The van der Waals surface area contributed by atoms with Crippen LogP contribution in [-0.4, -0.2) is 34.7 Å². The molecule has 0 fully saturated rings. The van der Waals surface area contributed by atoms with Gasteiger partial charge in [0, 0.05) is 27.5 Å². The molecule has 0 radical (unpaired) electrons. The van der Waals surface area contributed by atoms with Gasteiger partial charge in [-0.15, -0.1) is 10.2 Å². The summed E-state index contributed by atoms with van der Waals surface area (Å²) >= 11 is 16.7. The van der Waals surface area contributed by atoms with Crippen LogP contribution in [-0.2, 0) is 26.6 Å². The van der Waals surface area contributed by atoms with Gasteiger partial charge in [0.1, 0.15) is 16.5 Å². The van der Waals surface area contributed by atoms with Crippen molar-refractivity contribution < 1.29 is 36.3 Å². The molecular weight excluding hydrogens is 770 g/mol. The highest BCUT2D eigenvalue weighted by Gasteiger charge is 2.51. The molecule has 0 bridgehead atoms. The summed E-state index contributed by atoms with van der Waals surface area (Å²) in [5.74, 6) is 0.762. The Balaban J connectivity index is 1.47. The molecule has 0 spiro atoms. The molecule has 0 amide bonds. The van der Waals surface area contributed by atoms with Crippen LogP contribution in [0, 0.1) is 0 Å². The molecule has 1 heterocycles. The molecule has 0 aliphatic carbocycles. The van der Waals surface area contributed by atoms with Crippen LogP contribution in [0.5, 0.6) is 11.5 Å². The number of anilines is 2. The van der Waals surface area contributed by atoms with E-state index in [9.17, 15) is 31.6 Å². The Morgan fingerprint density at radius 2 is 1.65 bits per heavy atom. The Morgan fingerprint density at radius 1 is 0.957 bits per heavy atom. The maximum absolute atomic E-state index is 14.4. The number of rotatable bonds is 10. The summed E-state index contributed by atoms with van der Waals surface area (Å²) in [6.07, 6.45) is 1.11. The Labute approximate surface area is 284 Å². The number of ether oxygens (including phenoxy) is 1. The zero-order valence-corrected chi connectivity index (χ0v) is 28.9. The average molecular weight is 791 g/mol. The van der Waals surface area contributed by atoms with E-state index >= 15 is 0 Å². The van der Waals surface area contributed by atoms with Crippen molar-refractivity contribution in [2.75, 3.05) is 11.2 Å². The SMILES string of the molecule is CS(=O)(=O)c1cccc(Oc2cccc(-c3nnc(N(Cc4ccc(C(F)(F)P(=O)(O)O)c(Br)c4)c4ccc(Cl)c(Cl)c4)s3)c2)c1. The zero-order valence-electron chi connectivity index (χ0n) is 23.3. The summed E-state index contributed by atoms with van der Waals surface area (Å²) in [5.41, 5.74) is -3.54. The Kier molecular flexibility index (Phi) is 9.93. The van der Waals surface area contributed by atoms with Gasteiger partial charge in [-0.05, 0) is 60.2 Å². The van der Waals surface area contributed by atoms with Crippen LogP contribution in [0.1, 0.15) is 11.1 Å². The summed E-state index contributed by atoms with van der Waals surface area (Å²) in [5, 5.41) is 10.2. The first-order valence-corrected chi connectivity index (χ1v) is 18.8. The van der Waals surface area contributed by atoms with Gasteiger partial charge in [-0.2, -0.15) is 8.78 Å². The van der Waals surface area contributed by atoms with E-state index in [-0.39, 0.29) is 20.9 Å². The first-order chi connectivity index (χ1) is 21.5. The third kappa shape index (κ3) is 7.61. The van der Waals surface area contributed by atoms with Crippen LogP contribution in [0.25, 0.3) is 10.6 Å². The van der Waals surface area contributed by atoms with E-state index in [1.54, 1.807) is 59.5 Å². The number of nitrogens with zero attached hydrogens (tertiary/aromatic N) is 3. The largest absolute Gasteiger partial charge is 0.457 e. The number of halogens is 5. The predicted molar refractivity (Wildman–Crippen MR) is 177 cm³/mol. The van der Waals surface area contributed by atoms with E-state index < -0.39 is 28.7 Å². The maximum atomic E-state index is 14.4. The molecule has 0 aliphatic heterocycles. The summed E-state index contributed by atoms with van der Waals surface area (Å²) in [7, 11) is -9.20. The lowest BCUT2D eigenvalue weighted by Gasteiger charge is -2.23. The Bertz CT molecular complexity index is 2100. The zero-order chi connectivity index (χ0) is 33.4. The lowest BCUT2D eigenvalue weighted by atomic mass is 10.1. The van der Waals surface area contributed by atoms with E-state index in [4.69, 9.17) is 27.9 Å². The third-order valence-corrected chi connectivity index (χ3v) is 10.9. The minimum Gasteiger partial charge on any atom is -0.457 e. The molecule has 0 unspecified atom stereocenters. The van der Waals surface area contributed by atoms with Gasteiger partial charge in [0.25, 0.3) is 0 Å². The normalized spacial score (nSPS) is 12.3. The highest BCUT2D eigenvalue weighted by atomic mass is 79.9. The van der Waals surface area contributed by atoms with Crippen LogP contribution < -0.4 is 9.64 Å². The van der Waals surface area contributed by atoms with Crippen molar-refractivity contribution in [3.05, 3.63) is 111 Å². The molecule has 1 aromatic heterocycles. The molecule has 5 aromatic rings. The fraction of sp³-hybridized carbons (Fsp3) is 0.103. The van der Waals surface area contributed by atoms with Crippen LogP contribution in [0.4, 0.5) is 19.6 Å². The number of hydrogen-bond acceptors (Lipinski definition) is 8. The van der Waals surface area contributed by atoms with Gasteiger partial charge >= 0.3 is 13.3 Å². The minimum absolute atomic E-state index is 0.0762. The van der Waals surface area contributed by atoms with Gasteiger partial charge in [-0.25, -0.2) is 8.42 Å². The summed E-state index contributed by atoms with van der Waals surface area (Å²) in [4.78, 5) is 20.2. The smallest absolute Gasteiger partial charge is 0.399 e. The number of aromatic nitrogens is 2. The monoisotopic (exact) mass is 789 g/mol. The summed E-state index contributed by atoms with van der Waals surface area (Å²) in [6, 6.07) is 21.6. The number of sulfone groups is 1. The minimum atomic E-state index is -5.78. The van der Waals surface area contributed by atoms with Gasteiger partial charge in [0.15, 0.2) is 9.84 Å². The van der Waals surface area contributed by atoms with Gasteiger partial charge < -0.3 is 19.4 Å². The molecule has 17 heteroatoms. The van der Waals surface area contributed by atoms with Crippen molar-refractivity contribution >= 4 is 78.7 Å². The standard InChI is InChI=1S/C29H21BrCl2F2N3O6PS2/c1-46(41,42)22-7-3-6-21(15-22)43-20-5-2-4-18(13-20)27-35-36-28(45-27)37(19-9-11-25(31)26(32)14-19)16-17-8-10-23(24(30)12-17)29(33,34)44(38,39)40/h2-15H,16H2,1H3,(H2,38,39,40). The molecule has 0 aliphatic rings. The lowest BCUT2D eigenvalue weighted by molar-refractivity contribution is 0.0557. The van der Waals surface area contributed by atoms with Crippen molar-refractivity contribution in [1.29, 1.82) is 0 Å². The first kappa shape index (κ1) is 34.4. The summed E-state index contributed by atoms with van der Waals surface area (Å²) < 4.78 is 69.9. The highest BCUT2D eigenvalue weighted by Crippen LogP contribution is 2.60. The van der Waals surface area contributed by atoms with E-state index in [0.717, 1.165) is 12.3 Å². The van der Waals surface area contributed by atoms with Crippen molar-refractivity contribution in [2.24, 2.45) is 0 Å². The molecule has 240 valence electrons. The molecule has 0 atom stereocenters. The topological polar surface area (TPSA) is 130 Å². The predicted octanol–water partition coefficient (Wildman–Crippen LogP) is 9.04. The Morgan fingerprint density at radius 3 is 2.30 bits per heavy atom. The van der Waals surface area contributed by atoms with E-state index in [2.05, 4.69) is 26.1 Å². The molecule has 5 rings (SSSR count). The quantitative estimate of drug-likeness (QED) is 0.133. The molecule has 0 saturated carbocycles. The second-order valence-corrected chi connectivity index (χ2v) is 16.1. The molecule has 4 aromatic carbocycles. The fourth-order valence-corrected chi connectivity index (χ4v) is 7.35. The molecular formula is C29H21BrCl2F2N3O6PS2. The molecule has 0 saturated heterocycles. The first-order valence-electron chi connectivity index (χ1n) is 12.9. The molecule has 2 N–H and O–H groups in total. The average Bonchev–Trinajstić information content (AvgIpc) is 3.47. The van der Waals surface area contributed by atoms with Crippen LogP contribution in [0.15, 0.2) is 94.3 Å². The number of alkyl halides is 2. The van der Waals surface area contributed by atoms with Crippen molar-refractivity contribution in [2.45, 2.75) is 17.1 Å². The third-order valence-electron chi connectivity index (χ3n) is 6.47. The maximum Gasteiger partial charge on any atom is 0.399 e. The Hall–Kier alpha value is -2.94. The van der Waals surface area contributed by atoms with Crippen LogP contribution in [0.3, 0.4) is 0 Å².